The summed E-state index contributed by atoms with van der Waals surface area (Å²) in [6.07, 6.45) is 5.94. The Kier molecular flexibility index (Phi) is 3.20. The SMILES string of the molecule is O=C(C1CC(O)C1)N1C(O)CCC1c1cnccn1. The van der Waals surface area contributed by atoms with E-state index >= 15 is 0 Å². The molecule has 0 aromatic carbocycles. The minimum Gasteiger partial charge on any atom is -0.393 e. The minimum absolute atomic E-state index is 0.0778. The quantitative estimate of drug-likeness (QED) is 0.797. The zero-order valence-electron chi connectivity index (χ0n) is 10.5. The molecule has 1 saturated heterocycles. The highest BCUT2D eigenvalue weighted by atomic mass is 16.3. The molecule has 1 aliphatic carbocycles. The van der Waals surface area contributed by atoms with Gasteiger partial charge in [-0.2, -0.15) is 0 Å². The van der Waals surface area contributed by atoms with Crippen LogP contribution in [0.4, 0.5) is 0 Å². The molecule has 2 atom stereocenters. The van der Waals surface area contributed by atoms with E-state index in [0.29, 0.717) is 31.4 Å². The van der Waals surface area contributed by atoms with Crippen LogP contribution in [0.1, 0.15) is 37.4 Å². The molecule has 3 rings (SSSR count). The lowest BCUT2D eigenvalue weighted by Gasteiger charge is -2.36. The van der Waals surface area contributed by atoms with Gasteiger partial charge in [-0.05, 0) is 25.7 Å². The van der Waals surface area contributed by atoms with Gasteiger partial charge in [0.2, 0.25) is 5.91 Å². The van der Waals surface area contributed by atoms with E-state index in [4.69, 9.17) is 0 Å². The monoisotopic (exact) mass is 263 g/mol. The summed E-state index contributed by atoms with van der Waals surface area (Å²) in [4.78, 5) is 22.1. The molecule has 2 fully saturated rings. The van der Waals surface area contributed by atoms with Crippen molar-refractivity contribution in [1.29, 1.82) is 0 Å². The highest BCUT2D eigenvalue weighted by Crippen LogP contribution is 2.38. The van der Waals surface area contributed by atoms with E-state index in [1.807, 2.05) is 0 Å². The lowest BCUT2D eigenvalue weighted by atomic mass is 9.81. The largest absolute Gasteiger partial charge is 0.393 e. The molecule has 102 valence electrons. The van der Waals surface area contributed by atoms with Gasteiger partial charge in [0.15, 0.2) is 0 Å². The minimum atomic E-state index is -0.753. The fourth-order valence-electron chi connectivity index (χ4n) is 2.87. The van der Waals surface area contributed by atoms with Crippen LogP contribution in [0.2, 0.25) is 0 Å². The van der Waals surface area contributed by atoms with E-state index in [1.54, 1.807) is 18.6 Å². The van der Waals surface area contributed by atoms with Crippen LogP contribution in [0, 0.1) is 5.92 Å². The van der Waals surface area contributed by atoms with Gasteiger partial charge < -0.3 is 15.1 Å². The Morgan fingerprint density at radius 2 is 2.05 bits per heavy atom. The van der Waals surface area contributed by atoms with Crippen LogP contribution in [0.3, 0.4) is 0 Å². The van der Waals surface area contributed by atoms with Crippen molar-refractivity contribution >= 4 is 5.91 Å². The molecule has 2 N–H and O–H groups in total. The number of carbonyl (C=O) groups is 1. The number of aromatic nitrogens is 2. The van der Waals surface area contributed by atoms with Crippen LogP contribution in [0.5, 0.6) is 0 Å². The number of aliphatic hydroxyl groups is 2. The van der Waals surface area contributed by atoms with Crippen molar-refractivity contribution in [2.24, 2.45) is 5.92 Å². The summed E-state index contributed by atoms with van der Waals surface area (Å²) in [7, 11) is 0. The summed E-state index contributed by atoms with van der Waals surface area (Å²) >= 11 is 0. The molecule has 0 bridgehead atoms. The van der Waals surface area contributed by atoms with Crippen molar-refractivity contribution in [2.45, 2.75) is 44.1 Å². The van der Waals surface area contributed by atoms with E-state index in [2.05, 4.69) is 9.97 Å². The number of amides is 1. The standard InChI is InChI=1S/C13H17N3O3/c17-9-5-8(6-9)13(19)16-11(1-2-12(16)18)10-7-14-3-4-15-10/h3-4,7-9,11-12,17-18H,1-2,5-6H2. The third kappa shape index (κ3) is 2.21. The fourth-order valence-corrected chi connectivity index (χ4v) is 2.87. The lowest BCUT2D eigenvalue weighted by Crippen LogP contribution is -2.46. The lowest BCUT2D eigenvalue weighted by molar-refractivity contribution is -0.152. The maximum Gasteiger partial charge on any atom is 0.228 e. The van der Waals surface area contributed by atoms with E-state index < -0.39 is 6.23 Å². The molecule has 1 saturated carbocycles. The Bertz CT molecular complexity index is 461. The second kappa shape index (κ2) is 4.86. The molecule has 1 amide bonds. The number of hydrogen-bond donors (Lipinski definition) is 2. The highest BCUT2D eigenvalue weighted by Gasteiger charge is 2.43. The molecule has 0 spiro atoms. The summed E-state index contributed by atoms with van der Waals surface area (Å²) in [5.41, 5.74) is 0.715. The van der Waals surface area contributed by atoms with Gasteiger partial charge in [-0.3, -0.25) is 14.8 Å². The van der Waals surface area contributed by atoms with Gasteiger partial charge in [-0.25, -0.2) is 0 Å². The molecule has 2 heterocycles. The topological polar surface area (TPSA) is 86.5 Å². The van der Waals surface area contributed by atoms with E-state index in [0.717, 1.165) is 0 Å². The Morgan fingerprint density at radius 1 is 1.26 bits per heavy atom. The number of aliphatic hydroxyl groups excluding tert-OH is 2. The number of carbonyl (C=O) groups excluding carboxylic acids is 1. The zero-order chi connectivity index (χ0) is 13.4. The molecular weight excluding hydrogens is 246 g/mol. The molecule has 6 heteroatoms. The molecule has 2 unspecified atom stereocenters. The van der Waals surface area contributed by atoms with Crippen molar-refractivity contribution in [2.75, 3.05) is 0 Å². The van der Waals surface area contributed by atoms with Crippen molar-refractivity contribution < 1.29 is 15.0 Å². The molecule has 1 aromatic rings. The van der Waals surface area contributed by atoms with Crippen LogP contribution in [-0.4, -0.2) is 43.3 Å². The normalized spacial score (nSPS) is 34.1. The highest BCUT2D eigenvalue weighted by molar-refractivity contribution is 5.80. The van der Waals surface area contributed by atoms with Gasteiger partial charge in [0.1, 0.15) is 6.23 Å². The van der Waals surface area contributed by atoms with Crippen molar-refractivity contribution in [1.82, 2.24) is 14.9 Å². The zero-order valence-corrected chi connectivity index (χ0v) is 10.5. The third-order valence-corrected chi connectivity index (χ3v) is 4.00. The van der Waals surface area contributed by atoms with E-state index in [-0.39, 0.29) is 24.0 Å². The average Bonchev–Trinajstić information content (AvgIpc) is 2.77. The van der Waals surface area contributed by atoms with Crippen LogP contribution < -0.4 is 0 Å². The van der Waals surface area contributed by atoms with Gasteiger partial charge in [0.05, 0.1) is 24.0 Å². The van der Waals surface area contributed by atoms with Crippen LogP contribution >= 0.6 is 0 Å². The summed E-state index contributed by atoms with van der Waals surface area (Å²) in [6, 6.07) is -0.200. The molecule has 2 aliphatic rings. The summed E-state index contributed by atoms with van der Waals surface area (Å²) in [6.45, 7) is 0. The number of nitrogens with zero attached hydrogens (tertiary/aromatic N) is 3. The first-order chi connectivity index (χ1) is 9.16. The molecule has 0 radical (unpaired) electrons. The predicted molar refractivity (Wildman–Crippen MR) is 65.6 cm³/mol. The Labute approximate surface area is 111 Å². The van der Waals surface area contributed by atoms with Crippen LogP contribution in [0.15, 0.2) is 18.6 Å². The Hall–Kier alpha value is -1.53. The van der Waals surface area contributed by atoms with E-state index in [9.17, 15) is 15.0 Å². The maximum absolute atomic E-state index is 12.4. The Morgan fingerprint density at radius 3 is 2.68 bits per heavy atom. The number of hydrogen-bond acceptors (Lipinski definition) is 5. The number of likely N-dealkylation sites (tertiary alicyclic amines) is 1. The molecule has 1 aliphatic heterocycles. The molecule has 19 heavy (non-hydrogen) atoms. The average molecular weight is 263 g/mol. The fraction of sp³-hybridized carbons (Fsp3) is 0.615. The second-order valence-corrected chi connectivity index (χ2v) is 5.27. The smallest absolute Gasteiger partial charge is 0.228 e. The summed E-state index contributed by atoms with van der Waals surface area (Å²) in [5, 5.41) is 19.3. The maximum atomic E-state index is 12.4. The Balaban J connectivity index is 1.79. The summed E-state index contributed by atoms with van der Waals surface area (Å²) < 4.78 is 0. The predicted octanol–water partition coefficient (Wildman–Crippen LogP) is 0.229. The number of rotatable bonds is 2. The summed E-state index contributed by atoms with van der Waals surface area (Å²) in [5.74, 6) is -0.243. The van der Waals surface area contributed by atoms with E-state index in [1.165, 1.54) is 4.90 Å². The van der Waals surface area contributed by atoms with Gasteiger partial charge in [0, 0.05) is 18.3 Å². The van der Waals surface area contributed by atoms with Gasteiger partial charge in [0.25, 0.3) is 0 Å². The molecule has 6 nitrogen and oxygen atoms in total. The van der Waals surface area contributed by atoms with Gasteiger partial charge in [-0.15, -0.1) is 0 Å². The first-order valence-electron chi connectivity index (χ1n) is 6.61. The van der Waals surface area contributed by atoms with Crippen molar-refractivity contribution in [3.05, 3.63) is 24.3 Å². The van der Waals surface area contributed by atoms with Crippen molar-refractivity contribution in [3.8, 4) is 0 Å². The van der Waals surface area contributed by atoms with Gasteiger partial charge in [-0.1, -0.05) is 0 Å². The molecule has 1 aromatic heterocycles. The first kappa shape index (κ1) is 12.5. The van der Waals surface area contributed by atoms with Crippen LogP contribution in [0.25, 0.3) is 0 Å². The second-order valence-electron chi connectivity index (χ2n) is 5.27. The van der Waals surface area contributed by atoms with Crippen LogP contribution in [-0.2, 0) is 4.79 Å². The first-order valence-corrected chi connectivity index (χ1v) is 6.61. The third-order valence-electron chi connectivity index (χ3n) is 4.00. The van der Waals surface area contributed by atoms with Crippen molar-refractivity contribution in [3.63, 3.8) is 0 Å². The van der Waals surface area contributed by atoms with Gasteiger partial charge >= 0.3 is 0 Å². The molecular formula is C13H17N3O3.